The van der Waals surface area contributed by atoms with E-state index in [1.165, 1.54) is 0 Å². The zero-order valence-electron chi connectivity index (χ0n) is 10.7. The molecule has 4 N–H and O–H groups in total. The fourth-order valence-electron chi connectivity index (χ4n) is 2.33. The van der Waals surface area contributed by atoms with Crippen LogP contribution in [0.5, 0.6) is 0 Å². The number of carbonyl (C=O) groups is 1. The number of nitrogens with zero attached hydrogens (tertiary/aromatic N) is 1. The second kappa shape index (κ2) is 4.99. The molecule has 3 unspecified atom stereocenters. The molecule has 0 bridgehead atoms. The van der Waals surface area contributed by atoms with Crippen LogP contribution in [0.15, 0.2) is 35.3 Å². The first kappa shape index (κ1) is 12.1. The summed E-state index contributed by atoms with van der Waals surface area (Å²) in [4.78, 5) is 16.4. The first-order chi connectivity index (χ1) is 9.24. The Hall–Kier alpha value is -1.92. The zero-order valence-corrected chi connectivity index (χ0v) is 10.7. The van der Waals surface area contributed by atoms with Gasteiger partial charge in [-0.2, -0.15) is 0 Å². The quantitative estimate of drug-likeness (QED) is 0.597. The lowest BCUT2D eigenvalue weighted by atomic mass is 10.1. The van der Waals surface area contributed by atoms with Crippen molar-refractivity contribution in [2.75, 3.05) is 6.54 Å². The van der Waals surface area contributed by atoms with Crippen molar-refractivity contribution < 1.29 is 4.79 Å². The van der Waals surface area contributed by atoms with Crippen molar-refractivity contribution >= 4 is 11.9 Å². The molecule has 2 heterocycles. The standard InChI is InChI=1S/C13H17N5O/c1-8(9-5-3-2-4-6-9)15-13-16-11-10(7-14-18-11)12(19)17-13/h2-6,8,10-11,14,18H,7H2,1H3,(H2,15,16,17,19). The number of amides is 1. The number of benzene rings is 1. The molecule has 0 radical (unpaired) electrons. The van der Waals surface area contributed by atoms with Crippen LogP contribution in [-0.4, -0.2) is 24.6 Å². The topological polar surface area (TPSA) is 77.6 Å². The summed E-state index contributed by atoms with van der Waals surface area (Å²) in [6.07, 6.45) is -0.181. The number of guanidine groups is 1. The summed E-state index contributed by atoms with van der Waals surface area (Å²) in [5.41, 5.74) is 7.10. The van der Waals surface area contributed by atoms with Crippen LogP contribution in [-0.2, 0) is 4.79 Å². The van der Waals surface area contributed by atoms with E-state index in [1.807, 2.05) is 37.3 Å². The predicted octanol–water partition coefficient (Wildman–Crippen LogP) is -0.127. The number of fused-ring (bicyclic) bond motifs is 1. The van der Waals surface area contributed by atoms with E-state index in [9.17, 15) is 4.79 Å². The van der Waals surface area contributed by atoms with E-state index < -0.39 is 0 Å². The summed E-state index contributed by atoms with van der Waals surface area (Å²) in [5.74, 6) is 0.400. The number of hydrogen-bond acceptors (Lipinski definition) is 5. The maximum absolute atomic E-state index is 11.9. The maximum atomic E-state index is 11.9. The van der Waals surface area contributed by atoms with Gasteiger partial charge >= 0.3 is 0 Å². The number of hydrogen-bond donors (Lipinski definition) is 4. The third-order valence-electron chi connectivity index (χ3n) is 3.45. The number of hydrazine groups is 1. The number of carbonyl (C=O) groups excluding carboxylic acids is 1. The summed E-state index contributed by atoms with van der Waals surface area (Å²) < 4.78 is 0. The van der Waals surface area contributed by atoms with Crippen molar-refractivity contribution in [1.82, 2.24) is 21.5 Å². The molecule has 0 aromatic heterocycles. The molecular weight excluding hydrogens is 242 g/mol. The minimum atomic E-state index is -0.181. The van der Waals surface area contributed by atoms with Crippen molar-refractivity contribution in [2.45, 2.75) is 19.1 Å². The van der Waals surface area contributed by atoms with E-state index in [2.05, 4.69) is 26.5 Å². The summed E-state index contributed by atoms with van der Waals surface area (Å²) in [7, 11) is 0. The lowest BCUT2D eigenvalue weighted by molar-refractivity contribution is -0.123. The number of aliphatic imine (C=N–C) groups is 1. The van der Waals surface area contributed by atoms with Crippen molar-refractivity contribution in [3.05, 3.63) is 35.9 Å². The van der Waals surface area contributed by atoms with Crippen molar-refractivity contribution in [2.24, 2.45) is 10.9 Å². The molecule has 19 heavy (non-hydrogen) atoms. The van der Waals surface area contributed by atoms with Gasteiger partial charge < -0.3 is 5.32 Å². The Morgan fingerprint density at radius 3 is 2.95 bits per heavy atom. The highest BCUT2D eigenvalue weighted by atomic mass is 16.2. The Labute approximate surface area is 111 Å². The van der Waals surface area contributed by atoms with Gasteiger partial charge in [-0.25, -0.2) is 10.4 Å². The summed E-state index contributed by atoms with van der Waals surface area (Å²) >= 11 is 0. The maximum Gasteiger partial charge on any atom is 0.234 e. The first-order valence-corrected chi connectivity index (χ1v) is 6.42. The van der Waals surface area contributed by atoms with Crippen molar-refractivity contribution in [3.8, 4) is 0 Å². The van der Waals surface area contributed by atoms with E-state index in [0.29, 0.717) is 12.5 Å². The van der Waals surface area contributed by atoms with Gasteiger partial charge in [-0.1, -0.05) is 30.3 Å². The zero-order chi connectivity index (χ0) is 13.2. The van der Waals surface area contributed by atoms with Gasteiger partial charge in [0.05, 0.1) is 12.0 Å². The highest BCUT2D eigenvalue weighted by molar-refractivity contribution is 6.00. The Morgan fingerprint density at radius 2 is 2.16 bits per heavy atom. The summed E-state index contributed by atoms with van der Waals surface area (Å²) in [5, 5.41) is 6.04. The molecule has 0 spiro atoms. The van der Waals surface area contributed by atoms with Crippen LogP contribution in [0.2, 0.25) is 0 Å². The van der Waals surface area contributed by atoms with Crippen LogP contribution < -0.4 is 21.5 Å². The molecule has 3 rings (SSSR count). The van der Waals surface area contributed by atoms with E-state index in [1.54, 1.807) is 0 Å². The average Bonchev–Trinajstić information content (AvgIpc) is 2.88. The second-order valence-corrected chi connectivity index (χ2v) is 4.82. The van der Waals surface area contributed by atoms with Gasteiger partial charge in [-0.3, -0.25) is 15.5 Å². The average molecular weight is 259 g/mol. The smallest absolute Gasteiger partial charge is 0.234 e. The molecule has 3 atom stereocenters. The largest absolute Gasteiger partial charge is 0.349 e. The lowest BCUT2D eigenvalue weighted by Gasteiger charge is -2.25. The second-order valence-electron chi connectivity index (χ2n) is 4.82. The molecule has 6 heteroatoms. The molecule has 1 fully saturated rings. The summed E-state index contributed by atoms with van der Waals surface area (Å²) in [6.45, 7) is 2.65. The molecule has 1 aromatic rings. The van der Waals surface area contributed by atoms with Crippen molar-refractivity contribution in [1.29, 1.82) is 0 Å². The molecule has 0 aliphatic carbocycles. The Kier molecular flexibility index (Phi) is 3.18. The highest BCUT2D eigenvalue weighted by Gasteiger charge is 2.37. The summed E-state index contributed by atoms with van der Waals surface area (Å²) in [6, 6.07) is 10.1. The van der Waals surface area contributed by atoms with Gasteiger partial charge in [-0.15, -0.1) is 0 Å². The van der Waals surface area contributed by atoms with E-state index >= 15 is 0 Å². The van der Waals surface area contributed by atoms with Crippen LogP contribution in [0.3, 0.4) is 0 Å². The van der Waals surface area contributed by atoms with Gasteiger partial charge in [0.2, 0.25) is 5.91 Å². The fourth-order valence-corrected chi connectivity index (χ4v) is 2.33. The SMILES string of the molecule is CC(NC1=NC2NNCC2C(=O)N1)c1ccccc1. The van der Waals surface area contributed by atoms with Crippen LogP contribution in [0.25, 0.3) is 0 Å². The van der Waals surface area contributed by atoms with E-state index in [4.69, 9.17) is 0 Å². The van der Waals surface area contributed by atoms with E-state index in [-0.39, 0.29) is 24.0 Å². The van der Waals surface area contributed by atoms with Gasteiger partial charge in [0.15, 0.2) is 5.96 Å². The minimum Gasteiger partial charge on any atom is -0.349 e. The van der Waals surface area contributed by atoms with E-state index in [0.717, 1.165) is 5.56 Å². The normalized spacial score (nSPS) is 27.2. The molecule has 100 valence electrons. The first-order valence-electron chi connectivity index (χ1n) is 6.42. The van der Waals surface area contributed by atoms with Crippen molar-refractivity contribution in [3.63, 3.8) is 0 Å². The molecule has 1 saturated heterocycles. The molecule has 0 saturated carbocycles. The Morgan fingerprint density at radius 1 is 1.37 bits per heavy atom. The molecule has 2 aliphatic heterocycles. The minimum absolute atomic E-state index is 0.000242. The fraction of sp³-hybridized carbons (Fsp3) is 0.385. The Balaban J connectivity index is 1.71. The molecule has 2 aliphatic rings. The third-order valence-corrected chi connectivity index (χ3v) is 3.45. The molecule has 1 amide bonds. The van der Waals surface area contributed by atoms with Crippen LogP contribution in [0.1, 0.15) is 18.5 Å². The van der Waals surface area contributed by atoms with Crippen LogP contribution >= 0.6 is 0 Å². The number of rotatable bonds is 2. The van der Waals surface area contributed by atoms with Gasteiger partial charge in [0.1, 0.15) is 6.17 Å². The lowest BCUT2D eigenvalue weighted by Crippen LogP contribution is -2.52. The van der Waals surface area contributed by atoms with Crippen LogP contribution in [0.4, 0.5) is 0 Å². The highest BCUT2D eigenvalue weighted by Crippen LogP contribution is 2.15. The molecule has 1 aromatic carbocycles. The monoisotopic (exact) mass is 259 g/mol. The van der Waals surface area contributed by atoms with Gasteiger partial charge in [0, 0.05) is 6.54 Å². The Bertz CT molecular complexity index is 501. The van der Waals surface area contributed by atoms with Gasteiger partial charge in [-0.05, 0) is 12.5 Å². The number of nitrogens with one attached hydrogen (secondary N) is 4. The molecule has 6 nitrogen and oxygen atoms in total. The van der Waals surface area contributed by atoms with Gasteiger partial charge in [0.25, 0.3) is 0 Å². The van der Waals surface area contributed by atoms with Crippen LogP contribution in [0, 0.1) is 5.92 Å². The third kappa shape index (κ3) is 2.45. The molecular formula is C13H17N5O. The predicted molar refractivity (Wildman–Crippen MR) is 72.0 cm³/mol.